The van der Waals surface area contributed by atoms with Gasteiger partial charge in [-0.05, 0) is 50.2 Å². The lowest BCUT2D eigenvalue weighted by Crippen LogP contribution is -2.16. The molecule has 0 bridgehead atoms. The van der Waals surface area contributed by atoms with Crippen molar-refractivity contribution in [2.45, 2.75) is 37.0 Å². The van der Waals surface area contributed by atoms with Gasteiger partial charge in [-0.15, -0.1) is 0 Å². The van der Waals surface area contributed by atoms with Crippen LogP contribution in [0.2, 0.25) is 0 Å². The molecule has 194 valence electrons. The second kappa shape index (κ2) is 13.7. The topological polar surface area (TPSA) is 153 Å². The summed E-state index contributed by atoms with van der Waals surface area (Å²) in [5, 5.41) is 19.7. The second-order valence-electron chi connectivity index (χ2n) is 8.09. The Morgan fingerprint density at radius 3 is 2.39 bits per heavy atom. The lowest BCUT2D eigenvalue weighted by molar-refractivity contribution is 0.195. The van der Waals surface area contributed by atoms with Gasteiger partial charge in [-0.2, -0.15) is 0 Å². The standard InChI is InChI=1S/C26H31N5O3S.H2O.H2/c1-17(13-14-33-4)35(32)22-11-9-20(10-12-22)23-16-30-18(2)24(31-23)26(28)34-25(27)21-7-5-19(6-8-21)15-29-3;;/h5-12,16-17,27-29H,13-15H2,1-4H3;1H2;1H. The molecular formula is C26H35N5O4S. The zero-order chi connectivity index (χ0) is 25.4. The van der Waals surface area contributed by atoms with E-state index in [4.69, 9.17) is 20.3 Å². The fourth-order valence-electron chi connectivity index (χ4n) is 3.37. The van der Waals surface area contributed by atoms with E-state index >= 15 is 0 Å². The van der Waals surface area contributed by atoms with Crippen molar-refractivity contribution in [3.63, 3.8) is 0 Å². The predicted molar refractivity (Wildman–Crippen MR) is 144 cm³/mol. The summed E-state index contributed by atoms with van der Waals surface area (Å²) in [6.07, 6.45) is 2.35. The van der Waals surface area contributed by atoms with Crippen LogP contribution in [0.15, 0.2) is 59.6 Å². The quantitative estimate of drug-likeness (QED) is 0.279. The van der Waals surface area contributed by atoms with Crippen LogP contribution >= 0.6 is 0 Å². The molecule has 0 saturated heterocycles. The minimum atomic E-state index is -1.13. The molecule has 0 amide bonds. The van der Waals surface area contributed by atoms with Gasteiger partial charge in [0.25, 0.3) is 0 Å². The number of rotatable bonds is 10. The monoisotopic (exact) mass is 513 g/mol. The van der Waals surface area contributed by atoms with Crippen LogP contribution in [0.5, 0.6) is 0 Å². The molecular weight excluding hydrogens is 478 g/mol. The Bertz CT molecular complexity index is 1210. The van der Waals surface area contributed by atoms with Gasteiger partial charge in [-0.3, -0.25) is 20.0 Å². The van der Waals surface area contributed by atoms with Gasteiger partial charge in [0.15, 0.2) is 0 Å². The maximum Gasteiger partial charge on any atom is 0.241 e. The highest BCUT2D eigenvalue weighted by atomic mass is 32.2. The van der Waals surface area contributed by atoms with Gasteiger partial charge in [0.2, 0.25) is 11.8 Å². The van der Waals surface area contributed by atoms with Crippen molar-refractivity contribution in [1.82, 2.24) is 15.3 Å². The van der Waals surface area contributed by atoms with Crippen LogP contribution in [0.3, 0.4) is 0 Å². The van der Waals surface area contributed by atoms with E-state index in [1.54, 1.807) is 32.4 Å². The molecule has 10 heteroatoms. The van der Waals surface area contributed by atoms with Gasteiger partial charge in [0, 0.05) is 43.0 Å². The Kier molecular flexibility index (Phi) is 11.0. The SMILES string of the molecule is CNCc1ccc(C(=N)OC(=N)c2nc(-c3ccc(S(=O)C(C)CCOC)cc3)cnc2C)cc1.O.[HH]. The number of hydrogen-bond acceptors (Lipinski definition) is 8. The summed E-state index contributed by atoms with van der Waals surface area (Å²) >= 11 is 0. The fourth-order valence-corrected chi connectivity index (χ4v) is 4.55. The Hall–Kier alpha value is -3.31. The van der Waals surface area contributed by atoms with E-state index in [1.165, 1.54) is 0 Å². The van der Waals surface area contributed by atoms with Gasteiger partial charge in [0.05, 0.1) is 28.4 Å². The molecule has 5 N–H and O–H groups in total. The van der Waals surface area contributed by atoms with Crippen molar-refractivity contribution in [2.75, 3.05) is 20.8 Å². The maximum atomic E-state index is 12.7. The first-order valence-electron chi connectivity index (χ1n) is 11.3. The minimum absolute atomic E-state index is 0. The molecule has 0 aliphatic heterocycles. The van der Waals surface area contributed by atoms with Crippen molar-refractivity contribution >= 4 is 22.6 Å². The molecule has 3 rings (SSSR count). The van der Waals surface area contributed by atoms with Crippen LogP contribution < -0.4 is 5.32 Å². The third-order valence-corrected chi connectivity index (χ3v) is 7.15. The highest BCUT2D eigenvalue weighted by molar-refractivity contribution is 7.85. The molecule has 9 nitrogen and oxygen atoms in total. The summed E-state index contributed by atoms with van der Waals surface area (Å²) in [5.74, 6) is -0.377. The number of benzene rings is 2. The molecule has 2 aromatic carbocycles. The fraction of sp³-hybridized carbons (Fsp3) is 0.308. The third-order valence-electron chi connectivity index (χ3n) is 5.45. The zero-order valence-corrected chi connectivity index (χ0v) is 21.7. The van der Waals surface area contributed by atoms with Crippen LogP contribution in [0, 0.1) is 17.7 Å². The zero-order valence-electron chi connectivity index (χ0n) is 20.9. The number of hydrogen-bond donors (Lipinski definition) is 3. The van der Waals surface area contributed by atoms with Crippen molar-refractivity contribution in [2.24, 2.45) is 0 Å². The Morgan fingerprint density at radius 1 is 1.11 bits per heavy atom. The summed E-state index contributed by atoms with van der Waals surface area (Å²) in [5.41, 5.74) is 3.80. The average Bonchev–Trinajstić information content (AvgIpc) is 2.87. The van der Waals surface area contributed by atoms with Crippen LogP contribution in [-0.4, -0.2) is 57.5 Å². The number of methoxy groups -OCH3 is 1. The lowest BCUT2D eigenvalue weighted by Gasteiger charge is -2.12. The van der Waals surface area contributed by atoms with Crippen LogP contribution in [-0.2, 0) is 26.8 Å². The van der Waals surface area contributed by atoms with Gasteiger partial charge in [-0.25, -0.2) is 4.98 Å². The number of ether oxygens (including phenoxy) is 2. The predicted octanol–water partition coefficient (Wildman–Crippen LogP) is 3.49. The minimum Gasteiger partial charge on any atom is -0.419 e. The van der Waals surface area contributed by atoms with E-state index < -0.39 is 10.8 Å². The molecule has 0 fully saturated rings. The third kappa shape index (κ3) is 7.34. The van der Waals surface area contributed by atoms with Crippen LogP contribution in [0.25, 0.3) is 11.3 Å². The molecule has 0 radical (unpaired) electrons. The molecule has 1 heterocycles. The number of nitrogens with zero attached hydrogens (tertiary/aromatic N) is 2. The second-order valence-corrected chi connectivity index (χ2v) is 9.96. The van der Waals surface area contributed by atoms with E-state index in [0.29, 0.717) is 23.6 Å². The first kappa shape index (κ1) is 28.9. The Balaban J connectivity index is 0.00000342. The Morgan fingerprint density at radius 2 is 1.78 bits per heavy atom. The van der Waals surface area contributed by atoms with Crippen molar-refractivity contribution < 1.29 is 20.6 Å². The molecule has 0 aliphatic rings. The van der Waals surface area contributed by atoms with Gasteiger partial charge in [0.1, 0.15) is 5.69 Å². The molecule has 36 heavy (non-hydrogen) atoms. The van der Waals surface area contributed by atoms with Gasteiger partial charge >= 0.3 is 0 Å². The van der Waals surface area contributed by atoms with Crippen LogP contribution in [0.4, 0.5) is 0 Å². The molecule has 0 aliphatic carbocycles. The van der Waals surface area contributed by atoms with Crippen molar-refractivity contribution in [3.05, 3.63) is 77.2 Å². The van der Waals surface area contributed by atoms with E-state index in [0.717, 1.165) is 29.0 Å². The summed E-state index contributed by atoms with van der Waals surface area (Å²) in [4.78, 5) is 9.68. The summed E-state index contributed by atoms with van der Waals surface area (Å²) in [7, 11) is 2.37. The van der Waals surface area contributed by atoms with Crippen molar-refractivity contribution in [3.8, 4) is 11.3 Å². The summed E-state index contributed by atoms with van der Waals surface area (Å²) in [6.45, 7) is 4.99. The lowest BCUT2D eigenvalue weighted by atomic mass is 10.1. The normalized spacial score (nSPS) is 12.3. The number of nitrogens with one attached hydrogen (secondary N) is 3. The van der Waals surface area contributed by atoms with E-state index in [9.17, 15) is 4.21 Å². The van der Waals surface area contributed by atoms with Gasteiger partial charge < -0.3 is 20.3 Å². The van der Waals surface area contributed by atoms with E-state index in [2.05, 4.69) is 15.3 Å². The first-order valence-corrected chi connectivity index (χ1v) is 12.5. The first-order chi connectivity index (χ1) is 16.8. The number of aryl methyl sites for hydroxylation is 1. The van der Waals surface area contributed by atoms with E-state index in [-0.39, 0.29) is 29.6 Å². The molecule has 1 aromatic heterocycles. The molecule has 3 aromatic rings. The summed E-state index contributed by atoms with van der Waals surface area (Å²) in [6, 6.07) is 14.7. The number of aromatic nitrogens is 2. The van der Waals surface area contributed by atoms with Crippen LogP contribution in [0.1, 0.15) is 37.3 Å². The molecule has 2 unspecified atom stereocenters. The maximum absolute atomic E-state index is 12.7. The molecule has 2 atom stereocenters. The molecule has 0 spiro atoms. The summed E-state index contributed by atoms with van der Waals surface area (Å²) < 4.78 is 23.3. The highest BCUT2D eigenvalue weighted by Crippen LogP contribution is 2.22. The Labute approximate surface area is 215 Å². The largest absolute Gasteiger partial charge is 0.419 e. The van der Waals surface area contributed by atoms with Crippen molar-refractivity contribution in [1.29, 1.82) is 10.8 Å². The van der Waals surface area contributed by atoms with Gasteiger partial charge in [-0.1, -0.05) is 31.2 Å². The smallest absolute Gasteiger partial charge is 0.241 e. The average molecular weight is 514 g/mol. The van der Waals surface area contributed by atoms with E-state index in [1.807, 2.05) is 50.4 Å². The molecule has 0 saturated carbocycles. The highest BCUT2D eigenvalue weighted by Gasteiger charge is 2.17.